The average molecular weight is 291 g/mol. The summed E-state index contributed by atoms with van der Waals surface area (Å²) in [6.45, 7) is 1.56. The molecule has 0 heterocycles. The number of aryl methyl sites for hydroxylation is 1. The number of nitrogens with zero attached hydrogens (tertiary/aromatic N) is 1. The summed E-state index contributed by atoms with van der Waals surface area (Å²) < 4.78 is 26.6. The van der Waals surface area contributed by atoms with Gasteiger partial charge in [-0.2, -0.15) is 0 Å². The first-order chi connectivity index (χ1) is 9.46. The van der Waals surface area contributed by atoms with Crippen molar-refractivity contribution in [3.05, 3.63) is 59.7 Å². The van der Waals surface area contributed by atoms with Crippen molar-refractivity contribution in [3.8, 4) is 0 Å². The molecule has 106 valence electrons. The fourth-order valence-electron chi connectivity index (χ4n) is 1.94. The van der Waals surface area contributed by atoms with Crippen molar-refractivity contribution in [2.75, 3.05) is 11.4 Å². The molecule has 0 atom stereocenters. The number of para-hydroxylation sites is 1. The van der Waals surface area contributed by atoms with Gasteiger partial charge in [0.05, 0.1) is 17.2 Å². The Kier molecular flexibility index (Phi) is 4.11. The van der Waals surface area contributed by atoms with E-state index in [4.69, 9.17) is 5.11 Å². The summed E-state index contributed by atoms with van der Waals surface area (Å²) in [5.41, 5.74) is 1.84. The molecule has 0 aliphatic carbocycles. The molecule has 0 saturated heterocycles. The zero-order chi connectivity index (χ0) is 14.8. The van der Waals surface area contributed by atoms with Gasteiger partial charge in [-0.1, -0.05) is 30.3 Å². The standard InChI is InChI=1S/C15H17NO3S/c1-12-8-9-13(11-17)10-15(12)20(18,19)16(2)14-6-4-3-5-7-14/h3-10,17H,11H2,1-2H3. The molecule has 0 aliphatic rings. The van der Waals surface area contributed by atoms with Crippen molar-refractivity contribution in [1.29, 1.82) is 0 Å². The fourth-order valence-corrected chi connectivity index (χ4v) is 3.41. The highest BCUT2D eigenvalue weighted by molar-refractivity contribution is 7.92. The van der Waals surface area contributed by atoms with Gasteiger partial charge in [-0.25, -0.2) is 8.42 Å². The second-order valence-corrected chi connectivity index (χ2v) is 6.50. The van der Waals surface area contributed by atoms with Crippen LogP contribution in [0.2, 0.25) is 0 Å². The Balaban J connectivity index is 2.50. The number of sulfonamides is 1. The summed E-state index contributed by atoms with van der Waals surface area (Å²) in [7, 11) is -2.11. The zero-order valence-electron chi connectivity index (χ0n) is 11.4. The number of hydrogen-bond acceptors (Lipinski definition) is 3. The lowest BCUT2D eigenvalue weighted by atomic mass is 10.2. The first kappa shape index (κ1) is 14.6. The average Bonchev–Trinajstić information content (AvgIpc) is 2.47. The summed E-state index contributed by atoms with van der Waals surface area (Å²) in [6, 6.07) is 13.8. The molecule has 0 unspecified atom stereocenters. The van der Waals surface area contributed by atoms with E-state index in [1.165, 1.54) is 17.4 Å². The Hall–Kier alpha value is -1.85. The second kappa shape index (κ2) is 5.64. The molecule has 0 saturated carbocycles. The maximum absolute atomic E-state index is 12.7. The van der Waals surface area contributed by atoms with E-state index in [9.17, 15) is 8.42 Å². The lowest BCUT2D eigenvalue weighted by molar-refractivity contribution is 0.281. The molecule has 0 radical (unpaired) electrons. The molecule has 4 nitrogen and oxygen atoms in total. The van der Waals surface area contributed by atoms with Crippen LogP contribution >= 0.6 is 0 Å². The van der Waals surface area contributed by atoms with E-state index in [2.05, 4.69) is 0 Å². The van der Waals surface area contributed by atoms with Gasteiger partial charge in [0.15, 0.2) is 0 Å². The van der Waals surface area contributed by atoms with Crippen molar-refractivity contribution in [2.45, 2.75) is 18.4 Å². The van der Waals surface area contributed by atoms with E-state index in [1.807, 2.05) is 6.07 Å². The normalized spacial score (nSPS) is 11.3. The maximum atomic E-state index is 12.7. The monoisotopic (exact) mass is 291 g/mol. The van der Waals surface area contributed by atoms with Crippen molar-refractivity contribution in [1.82, 2.24) is 0 Å². The predicted molar refractivity (Wildman–Crippen MR) is 79.1 cm³/mol. The molecule has 2 aromatic carbocycles. The van der Waals surface area contributed by atoms with E-state index >= 15 is 0 Å². The molecule has 20 heavy (non-hydrogen) atoms. The Bertz CT molecular complexity index is 696. The SMILES string of the molecule is Cc1ccc(CO)cc1S(=O)(=O)N(C)c1ccccc1. The van der Waals surface area contributed by atoms with Crippen LogP contribution in [-0.4, -0.2) is 20.6 Å². The lowest BCUT2D eigenvalue weighted by Gasteiger charge is -2.21. The Morgan fingerprint density at radius 2 is 1.75 bits per heavy atom. The third kappa shape index (κ3) is 2.69. The Morgan fingerprint density at radius 1 is 1.10 bits per heavy atom. The molecule has 0 fully saturated rings. The van der Waals surface area contributed by atoms with Crippen LogP contribution in [0.25, 0.3) is 0 Å². The largest absolute Gasteiger partial charge is 0.392 e. The number of aliphatic hydroxyl groups excluding tert-OH is 1. The minimum atomic E-state index is -3.63. The fraction of sp³-hybridized carbons (Fsp3) is 0.200. The lowest BCUT2D eigenvalue weighted by Crippen LogP contribution is -2.27. The van der Waals surface area contributed by atoms with Gasteiger partial charge >= 0.3 is 0 Å². The molecular formula is C15H17NO3S. The van der Waals surface area contributed by atoms with Gasteiger partial charge in [0.25, 0.3) is 10.0 Å². The van der Waals surface area contributed by atoms with Crippen LogP contribution in [-0.2, 0) is 16.6 Å². The minimum absolute atomic E-state index is 0.183. The molecule has 1 N–H and O–H groups in total. The van der Waals surface area contributed by atoms with Crippen molar-refractivity contribution in [3.63, 3.8) is 0 Å². The minimum Gasteiger partial charge on any atom is -0.392 e. The summed E-state index contributed by atoms with van der Waals surface area (Å²) >= 11 is 0. The molecule has 0 spiro atoms. The molecule has 0 aliphatic heterocycles. The maximum Gasteiger partial charge on any atom is 0.264 e. The van der Waals surface area contributed by atoms with Crippen LogP contribution in [0.4, 0.5) is 5.69 Å². The van der Waals surface area contributed by atoms with Gasteiger partial charge in [-0.15, -0.1) is 0 Å². The first-order valence-corrected chi connectivity index (χ1v) is 7.65. The smallest absolute Gasteiger partial charge is 0.264 e. The number of aliphatic hydroxyl groups is 1. The van der Waals surface area contributed by atoms with Crippen LogP contribution in [0.5, 0.6) is 0 Å². The van der Waals surface area contributed by atoms with E-state index < -0.39 is 10.0 Å². The van der Waals surface area contributed by atoms with Crippen molar-refractivity contribution in [2.24, 2.45) is 0 Å². The highest BCUT2D eigenvalue weighted by Crippen LogP contribution is 2.24. The molecule has 2 rings (SSSR count). The van der Waals surface area contributed by atoms with Gasteiger partial charge in [-0.3, -0.25) is 4.31 Å². The number of benzene rings is 2. The van der Waals surface area contributed by atoms with Crippen LogP contribution in [0.1, 0.15) is 11.1 Å². The van der Waals surface area contributed by atoms with Gasteiger partial charge in [0.2, 0.25) is 0 Å². The Morgan fingerprint density at radius 3 is 2.35 bits per heavy atom. The quantitative estimate of drug-likeness (QED) is 0.940. The van der Waals surface area contributed by atoms with Crippen LogP contribution in [0, 0.1) is 6.92 Å². The van der Waals surface area contributed by atoms with Crippen molar-refractivity contribution < 1.29 is 13.5 Å². The molecule has 0 amide bonds. The molecule has 0 aromatic heterocycles. The summed E-state index contributed by atoms with van der Waals surface area (Å²) in [5, 5.41) is 9.17. The van der Waals surface area contributed by atoms with Gasteiger partial charge < -0.3 is 5.11 Å². The number of anilines is 1. The summed E-state index contributed by atoms with van der Waals surface area (Å²) in [5.74, 6) is 0. The highest BCUT2D eigenvalue weighted by Gasteiger charge is 2.23. The molecule has 0 bridgehead atoms. The summed E-state index contributed by atoms with van der Waals surface area (Å²) in [4.78, 5) is 0.218. The van der Waals surface area contributed by atoms with Gasteiger partial charge in [-0.05, 0) is 36.2 Å². The third-order valence-electron chi connectivity index (χ3n) is 3.19. The van der Waals surface area contributed by atoms with E-state index in [0.717, 1.165) is 0 Å². The highest BCUT2D eigenvalue weighted by atomic mass is 32.2. The van der Waals surface area contributed by atoms with Crippen LogP contribution in [0.3, 0.4) is 0 Å². The van der Waals surface area contributed by atoms with E-state index in [0.29, 0.717) is 16.8 Å². The second-order valence-electron chi connectivity index (χ2n) is 4.57. The Labute approximate surface area is 119 Å². The summed E-state index contributed by atoms with van der Waals surface area (Å²) in [6.07, 6.45) is 0. The van der Waals surface area contributed by atoms with E-state index in [1.54, 1.807) is 43.3 Å². The van der Waals surface area contributed by atoms with Gasteiger partial charge in [0.1, 0.15) is 0 Å². The molecule has 2 aromatic rings. The number of rotatable bonds is 4. The first-order valence-electron chi connectivity index (χ1n) is 6.21. The predicted octanol–water partition coefficient (Wildman–Crippen LogP) is 2.31. The topological polar surface area (TPSA) is 57.6 Å². The van der Waals surface area contributed by atoms with Crippen molar-refractivity contribution >= 4 is 15.7 Å². The van der Waals surface area contributed by atoms with Crippen LogP contribution in [0.15, 0.2) is 53.4 Å². The van der Waals surface area contributed by atoms with Gasteiger partial charge in [0, 0.05) is 7.05 Å². The van der Waals surface area contributed by atoms with Crippen LogP contribution < -0.4 is 4.31 Å². The third-order valence-corrected chi connectivity index (χ3v) is 5.12. The zero-order valence-corrected chi connectivity index (χ0v) is 12.3. The molecule has 5 heteroatoms. The molecular weight excluding hydrogens is 274 g/mol. The van der Waals surface area contributed by atoms with E-state index in [-0.39, 0.29) is 11.5 Å². The number of hydrogen-bond donors (Lipinski definition) is 1.